The fourth-order valence-electron chi connectivity index (χ4n) is 2.16. The number of nitrogens with zero attached hydrogens (tertiary/aromatic N) is 1. The molecule has 1 aromatic rings. The molecule has 0 aromatic heterocycles. The maximum atomic E-state index is 12.3. The lowest BCUT2D eigenvalue weighted by atomic mass is 10.1. The fraction of sp³-hybridized carbons (Fsp3) is 0.462. The van der Waals surface area contributed by atoms with E-state index in [9.17, 15) is 4.79 Å². The monoisotopic (exact) mass is 286 g/mol. The molecule has 98 valence electrons. The van der Waals surface area contributed by atoms with Gasteiger partial charge in [-0.3, -0.25) is 4.79 Å². The van der Waals surface area contributed by atoms with E-state index in [0.29, 0.717) is 15.6 Å². The zero-order valence-corrected chi connectivity index (χ0v) is 11.8. The molecule has 1 aliphatic heterocycles. The Hall–Kier alpha value is -0.770. The molecular formula is C13H16Cl2N2O. The van der Waals surface area contributed by atoms with E-state index in [4.69, 9.17) is 23.2 Å². The Morgan fingerprint density at radius 2 is 2.17 bits per heavy atom. The summed E-state index contributed by atoms with van der Waals surface area (Å²) in [4.78, 5) is 14.1. The van der Waals surface area contributed by atoms with E-state index in [1.165, 1.54) is 0 Å². The van der Waals surface area contributed by atoms with Crippen LogP contribution in [0.15, 0.2) is 18.2 Å². The third kappa shape index (κ3) is 2.97. The summed E-state index contributed by atoms with van der Waals surface area (Å²) in [6.45, 7) is 1.88. The third-order valence-electron chi connectivity index (χ3n) is 3.31. The van der Waals surface area contributed by atoms with Gasteiger partial charge >= 0.3 is 0 Å². The topological polar surface area (TPSA) is 32.3 Å². The van der Waals surface area contributed by atoms with E-state index in [2.05, 4.69) is 5.32 Å². The van der Waals surface area contributed by atoms with Crippen molar-refractivity contribution in [3.05, 3.63) is 33.8 Å². The first-order valence-electron chi connectivity index (χ1n) is 6.02. The van der Waals surface area contributed by atoms with E-state index in [1.54, 1.807) is 23.1 Å². The minimum atomic E-state index is -0.0118. The SMILES string of the molecule is CN(C(=O)c1ccc(Cl)c(Cl)c1)[C@@H]1CCCNC1. The molecule has 0 aliphatic carbocycles. The molecule has 1 N–H and O–H groups in total. The van der Waals surface area contributed by atoms with Crippen molar-refractivity contribution in [1.82, 2.24) is 10.2 Å². The van der Waals surface area contributed by atoms with Gasteiger partial charge in [-0.2, -0.15) is 0 Å². The minimum absolute atomic E-state index is 0.0118. The van der Waals surface area contributed by atoms with Crippen LogP contribution in [0.4, 0.5) is 0 Å². The van der Waals surface area contributed by atoms with Crippen molar-refractivity contribution in [2.24, 2.45) is 0 Å². The molecule has 1 aromatic carbocycles. The lowest BCUT2D eigenvalue weighted by Gasteiger charge is -2.31. The molecule has 1 amide bonds. The van der Waals surface area contributed by atoms with E-state index < -0.39 is 0 Å². The zero-order chi connectivity index (χ0) is 13.1. The predicted octanol–water partition coefficient (Wildman–Crippen LogP) is 2.82. The van der Waals surface area contributed by atoms with Crippen LogP contribution in [0.3, 0.4) is 0 Å². The van der Waals surface area contributed by atoms with Gasteiger partial charge in [0, 0.05) is 25.2 Å². The maximum Gasteiger partial charge on any atom is 0.253 e. The molecular weight excluding hydrogens is 271 g/mol. The van der Waals surface area contributed by atoms with Gasteiger partial charge in [-0.15, -0.1) is 0 Å². The average Bonchev–Trinajstić information content (AvgIpc) is 2.41. The summed E-state index contributed by atoms with van der Waals surface area (Å²) >= 11 is 11.8. The number of benzene rings is 1. The Kier molecular flexibility index (Phi) is 4.49. The van der Waals surface area contributed by atoms with E-state index in [1.807, 2.05) is 7.05 Å². The van der Waals surface area contributed by atoms with Crippen LogP contribution >= 0.6 is 23.2 Å². The van der Waals surface area contributed by atoms with Gasteiger partial charge in [0.25, 0.3) is 5.91 Å². The molecule has 1 aliphatic rings. The Balaban J connectivity index is 2.11. The number of carbonyl (C=O) groups excluding carboxylic acids is 1. The lowest BCUT2D eigenvalue weighted by Crippen LogP contribution is -2.46. The zero-order valence-electron chi connectivity index (χ0n) is 10.2. The van der Waals surface area contributed by atoms with E-state index in [-0.39, 0.29) is 11.9 Å². The second-order valence-corrected chi connectivity index (χ2v) is 5.36. The number of likely N-dealkylation sites (N-methyl/N-ethyl adjacent to an activating group) is 1. The molecule has 1 fully saturated rings. The summed E-state index contributed by atoms with van der Waals surface area (Å²) in [5.41, 5.74) is 0.581. The largest absolute Gasteiger partial charge is 0.337 e. The number of piperidine rings is 1. The van der Waals surface area contributed by atoms with E-state index in [0.717, 1.165) is 25.9 Å². The summed E-state index contributed by atoms with van der Waals surface area (Å²) in [5.74, 6) is -0.0118. The quantitative estimate of drug-likeness (QED) is 0.907. The summed E-state index contributed by atoms with van der Waals surface area (Å²) in [6, 6.07) is 5.24. The van der Waals surface area contributed by atoms with Crippen molar-refractivity contribution in [1.29, 1.82) is 0 Å². The van der Waals surface area contributed by atoms with Gasteiger partial charge in [0.2, 0.25) is 0 Å². The van der Waals surface area contributed by atoms with Crippen LogP contribution in [0.25, 0.3) is 0 Å². The molecule has 1 atom stereocenters. The maximum absolute atomic E-state index is 12.3. The molecule has 3 nitrogen and oxygen atoms in total. The molecule has 0 unspecified atom stereocenters. The number of amides is 1. The van der Waals surface area contributed by atoms with Crippen LogP contribution in [0, 0.1) is 0 Å². The number of halogens is 2. The van der Waals surface area contributed by atoms with Crippen LogP contribution < -0.4 is 5.32 Å². The summed E-state index contributed by atoms with van der Waals surface area (Å²) in [7, 11) is 1.84. The summed E-state index contributed by atoms with van der Waals surface area (Å²) in [5, 5.41) is 4.18. The summed E-state index contributed by atoms with van der Waals surface area (Å²) < 4.78 is 0. The fourth-order valence-corrected chi connectivity index (χ4v) is 2.46. The van der Waals surface area contributed by atoms with Crippen LogP contribution in [0.2, 0.25) is 10.0 Å². The number of rotatable bonds is 2. The summed E-state index contributed by atoms with van der Waals surface area (Å²) in [6.07, 6.45) is 2.14. The standard InChI is InChI=1S/C13H16Cl2N2O/c1-17(10-3-2-6-16-8-10)13(18)9-4-5-11(14)12(15)7-9/h4-5,7,10,16H,2-3,6,8H2,1H3/t10-/m1/s1. The smallest absolute Gasteiger partial charge is 0.253 e. The Labute approximate surface area is 117 Å². The molecule has 5 heteroatoms. The van der Waals surface area contributed by atoms with Gasteiger partial charge in [-0.05, 0) is 37.6 Å². The van der Waals surface area contributed by atoms with Crippen molar-refractivity contribution >= 4 is 29.1 Å². The van der Waals surface area contributed by atoms with Crippen LogP contribution in [-0.2, 0) is 0 Å². The van der Waals surface area contributed by atoms with Crippen molar-refractivity contribution in [2.75, 3.05) is 20.1 Å². The van der Waals surface area contributed by atoms with Gasteiger partial charge in [0.15, 0.2) is 0 Å². The average molecular weight is 287 g/mol. The molecule has 0 radical (unpaired) electrons. The molecule has 1 heterocycles. The molecule has 2 rings (SSSR count). The first-order valence-corrected chi connectivity index (χ1v) is 6.78. The lowest BCUT2D eigenvalue weighted by molar-refractivity contribution is 0.0708. The van der Waals surface area contributed by atoms with Crippen LogP contribution in [0.5, 0.6) is 0 Å². The first-order chi connectivity index (χ1) is 8.59. The molecule has 1 saturated heterocycles. The van der Waals surface area contributed by atoms with Crippen LogP contribution in [0.1, 0.15) is 23.2 Å². The van der Waals surface area contributed by atoms with Crippen molar-refractivity contribution in [3.63, 3.8) is 0 Å². The number of hydrogen-bond acceptors (Lipinski definition) is 2. The third-order valence-corrected chi connectivity index (χ3v) is 4.04. The second kappa shape index (κ2) is 5.91. The Morgan fingerprint density at radius 1 is 1.39 bits per heavy atom. The highest BCUT2D eigenvalue weighted by atomic mass is 35.5. The molecule has 18 heavy (non-hydrogen) atoms. The van der Waals surface area contributed by atoms with Crippen LogP contribution in [-0.4, -0.2) is 37.0 Å². The first kappa shape index (κ1) is 13.7. The highest BCUT2D eigenvalue weighted by molar-refractivity contribution is 6.42. The highest BCUT2D eigenvalue weighted by Crippen LogP contribution is 2.23. The molecule has 0 saturated carbocycles. The van der Waals surface area contributed by atoms with Gasteiger partial charge in [-0.1, -0.05) is 23.2 Å². The van der Waals surface area contributed by atoms with Gasteiger partial charge < -0.3 is 10.2 Å². The number of hydrogen-bond donors (Lipinski definition) is 1. The van der Waals surface area contributed by atoms with Crippen molar-refractivity contribution < 1.29 is 4.79 Å². The highest BCUT2D eigenvalue weighted by Gasteiger charge is 2.23. The Bertz CT molecular complexity index is 445. The Morgan fingerprint density at radius 3 is 2.78 bits per heavy atom. The second-order valence-electron chi connectivity index (χ2n) is 4.55. The normalized spacial score (nSPS) is 19.6. The van der Waals surface area contributed by atoms with Gasteiger partial charge in [-0.25, -0.2) is 0 Å². The number of carbonyl (C=O) groups is 1. The van der Waals surface area contributed by atoms with E-state index >= 15 is 0 Å². The van der Waals surface area contributed by atoms with Crippen molar-refractivity contribution in [3.8, 4) is 0 Å². The predicted molar refractivity (Wildman–Crippen MR) is 74.4 cm³/mol. The van der Waals surface area contributed by atoms with Crippen molar-refractivity contribution in [2.45, 2.75) is 18.9 Å². The minimum Gasteiger partial charge on any atom is -0.337 e. The molecule has 0 spiro atoms. The van der Waals surface area contributed by atoms with Gasteiger partial charge in [0.05, 0.1) is 10.0 Å². The number of nitrogens with one attached hydrogen (secondary N) is 1. The van der Waals surface area contributed by atoms with Gasteiger partial charge in [0.1, 0.15) is 0 Å². The molecule has 0 bridgehead atoms.